The average Bonchev–Trinajstić information content (AvgIpc) is 0.910. The maximum absolute atomic E-state index is 13.3. The number of amides is 4. The van der Waals surface area contributed by atoms with Gasteiger partial charge in [0.1, 0.15) is 28.2 Å². The van der Waals surface area contributed by atoms with E-state index in [9.17, 15) is 44.0 Å². The lowest BCUT2D eigenvalue weighted by Crippen LogP contribution is -2.45. The SMILES string of the molecule is Cc1ccc(C(=O)N[C@H]2CCC[C@@](O)(C#Cc3cccc(Cl)c3)C2)cc1.Cc1ccc(C(=O)N[C@H]2CCC[C@@](O)(C#Cc3cccc(Cl)c3)C2)cc1.NC(=O)[C@H]1CCC[C@@](O)(C#Cc2cccc(Cl)c2)C1.O=C(N[C@H]1CCC[C@@](O)(C#Cc2cccc(Cl)c2)C1)c1cccc(F)c1. The largest absolute Gasteiger partial charge is 0.378 e. The van der Waals surface area contributed by atoms with E-state index < -0.39 is 28.2 Å². The molecule has 502 valence electrons. The van der Waals surface area contributed by atoms with Gasteiger partial charge in [0, 0.05) is 102 Å². The van der Waals surface area contributed by atoms with E-state index in [2.05, 4.69) is 63.3 Å². The number of carbonyl (C=O) groups excluding carboxylic acids is 4. The van der Waals surface area contributed by atoms with Crippen molar-refractivity contribution in [3.8, 4) is 47.4 Å². The van der Waals surface area contributed by atoms with Crippen molar-refractivity contribution >= 4 is 70.0 Å². The van der Waals surface area contributed by atoms with E-state index >= 15 is 0 Å². The van der Waals surface area contributed by atoms with Crippen molar-refractivity contribution in [3.05, 3.63) is 246 Å². The molecule has 0 saturated heterocycles. The molecular weight excluding hydrogens is 1310 g/mol. The standard InChI is InChI=1S/2C22H22ClNO2.C21H19ClFNO2.C15H16ClNO2/c2*1-16-7-9-18(10-8-16)21(25)24-20-6-3-12-22(26,15-20)13-11-17-4-2-5-19(23)14-17;22-17-6-1-4-15(12-17)9-11-21(26)10-3-8-19(14-21)24-20(25)16-5-2-7-18(23)13-16;16-13-5-1-3-11(9-13)6-8-15(19)7-2-4-12(10-15)14(17)18/h2*2,4-5,7-10,14,20,26H,3,6,12,15H2,1H3,(H,24,25);1-2,4-7,12-13,19,26H,3,8,10,14H2,(H,24,25);1,3,5,9,12,19H,2,4,7,10H2,(H2,17,18)/t2*20-,22+;19-,21+;12-,15+/m0000/s1. The number of carbonyl (C=O) groups is 4. The predicted octanol–water partition coefficient (Wildman–Crippen LogP) is 14.2. The summed E-state index contributed by atoms with van der Waals surface area (Å²) in [6, 6.07) is 48.9. The second-order valence-electron chi connectivity index (χ2n) is 25.4. The van der Waals surface area contributed by atoms with Gasteiger partial charge in [-0.2, -0.15) is 0 Å². The van der Waals surface area contributed by atoms with E-state index in [0.29, 0.717) is 82.6 Å². The summed E-state index contributed by atoms with van der Waals surface area (Å²) >= 11 is 23.8. The van der Waals surface area contributed by atoms with Crippen LogP contribution in [0.25, 0.3) is 0 Å². The number of hydrogen-bond donors (Lipinski definition) is 8. The Labute approximate surface area is 588 Å². The molecule has 4 amide bonds. The van der Waals surface area contributed by atoms with Gasteiger partial charge < -0.3 is 42.1 Å². The van der Waals surface area contributed by atoms with Gasteiger partial charge in [0.15, 0.2) is 0 Å². The lowest BCUT2D eigenvalue weighted by Gasteiger charge is -2.33. The fraction of sp³-hybridized carbons (Fsp3) is 0.325. The van der Waals surface area contributed by atoms with Gasteiger partial charge in [-0.3, -0.25) is 19.2 Å². The van der Waals surface area contributed by atoms with E-state index in [0.717, 1.165) is 84.7 Å². The van der Waals surface area contributed by atoms with E-state index in [4.69, 9.17) is 52.1 Å². The van der Waals surface area contributed by atoms with Crippen LogP contribution in [0.1, 0.15) is 167 Å². The topological polar surface area (TPSA) is 211 Å². The van der Waals surface area contributed by atoms with Crippen molar-refractivity contribution in [2.75, 3.05) is 0 Å². The van der Waals surface area contributed by atoms with Gasteiger partial charge in [-0.15, -0.1) is 0 Å². The van der Waals surface area contributed by atoms with Crippen LogP contribution in [0.3, 0.4) is 0 Å². The number of hydrogen-bond acceptors (Lipinski definition) is 8. The van der Waals surface area contributed by atoms with Gasteiger partial charge in [0.2, 0.25) is 5.91 Å². The molecule has 97 heavy (non-hydrogen) atoms. The number of nitrogens with one attached hydrogen (secondary N) is 3. The Morgan fingerprint density at radius 2 is 0.711 bits per heavy atom. The summed E-state index contributed by atoms with van der Waals surface area (Å²) in [5.74, 6) is 22.0. The van der Waals surface area contributed by atoms with E-state index in [1.807, 2.05) is 105 Å². The predicted molar refractivity (Wildman–Crippen MR) is 382 cm³/mol. The first kappa shape index (κ1) is 74.4. The summed E-state index contributed by atoms with van der Waals surface area (Å²) in [6.07, 6.45) is 10.2. The molecular formula is C80H79Cl4FN4O8. The van der Waals surface area contributed by atoms with Crippen molar-refractivity contribution in [2.24, 2.45) is 11.7 Å². The van der Waals surface area contributed by atoms with Crippen LogP contribution in [-0.2, 0) is 4.79 Å². The van der Waals surface area contributed by atoms with E-state index in [1.54, 1.807) is 60.7 Å². The zero-order valence-corrected chi connectivity index (χ0v) is 57.2. The minimum atomic E-state index is -1.17. The van der Waals surface area contributed by atoms with Gasteiger partial charge >= 0.3 is 0 Å². The summed E-state index contributed by atoms with van der Waals surface area (Å²) in [4.78, 5) is 48.3. The number of benzene rings is 7. The Kier molecular flexibility index (Phi) is 27.0. The van der Waals surface area contributed by atoms with Gasteiger partial charge in [-0.25, -0.2) is 4.39 Å². The molecule has 7 aromatic rings. The fourth-order valence-electron chi connectivity index (χ4n) is 11.9. The zero-order valence-electron chi connectivity index (χ0n) is 54.2. The molecule has 4 fully saturated rings. The molecule has 17 heteroatoms. The number of nitrogens with two attached hydrogens (primary N) is 1. The third-order valence-corrected chi connectivity index (χ3v) is 18.0. The molecule has 9 N–H and O–H groups in total. The lowest BCUT2D eigenvalue weighted by atomic mass is 9.78. The molecule has 8 atom stereocenters. The minimum absolute atomic E-state index is 0.0868. The second kappa shape index (κ2) is 35.2. The molecule has 0 radical (unpaired) electrons. The molecule has 12 nitrogen and oxygen atoms in total. The van der Waals surface area contributed by atoms with Crippen molar-refractivity contribution in [1.82, 2.24) is 16.0 Å². The summed E-state index contributed by atoms with van der Waals surface area (Å²) in [5, 5.41) is 54.2. The quantitative estimate of drug-likeness (QED) is 0.0718. The Hall–Kier alpha value is -8.41. The summed E-state index contributed by atoms with van der Waals surface area (Å²) < 4.78 is 13.3. The Balaban J connectivity index is 0.000000166. The number of halogens is 5. The number of aryl methyl sites for hydroxylation is 2. The highest BCUT2D eigenvalue weighted by Crippen LogP contribution is 2.34. The minimum Gasteiger partial charge on any atom is -0.378 e. The van der Waals surface area contributed by atoms with Crippen LogP contribution in [0.2, 0.25) is 20.1 Å². The van der Waals surface area contributed by atoms with Gasteiger partial charge in [-0.05, 0) is 213 Å². The normalized spacial score (nSPS) is 23.0. The molecule has 7 aromatic carbocycles. The van der Waals surface area contributed by atoms with Crippen LogP contribution >= 0.6 is 46.4 Å². The third kappa shape index (κ3) is 24.6. The monoisotopic (exact) mass is 1380 g/mol. The molecule has 0 spiro atoms. The van der Waals surface area contributed by atoms with Crippen LogP contribution in [0, 0.1) is 72.9 Å². The van der Waals surface area contributed by atoms with E-state index in [-0.39, 0.29) is 53.2 Å². The maximum Gasteiger partial charge on any atom is 0.251 e. The van der Waals surface area contributed by atoms with Crippen molar-refractivity contribution in [1.29, 1.82) is 0 Å². The Morgan fingerprint density at radius 1 is 0.412 bits per heavy atom. The molecule has 0 unspecified atom stereocenters. The molecule has 4 saturated carbocycles. The highest BCUT2D eigenvalue weighted by atomic mass is 35.5. The van der Waals surface area contributed by atoms with Crippen LogP contribution in [0.15, 0.2) is 170 Å². The van der Waals surface area contributed by atoms with Gasteiger partial charge in [0.25, 0.3) is 17.7 Å². The fourth-order valence-corrected chi connectivity index (χ4v) is 12.7. The van der Waals surface area contributed by atoms with Crippen LogP contribution in [0.5, 0.6) is 0 Å². The molecule has 0 aromatic heterocycles. The lowest BCUT2D eigenvalue weighted by molar-refractivity contribution is -0.125. The first-order chi connectivity index (χ1) is 46.3. The molecule has 11 rings (SSSR count). The van der Waals surface area contributed by atoms with Crippen LogP contribution < -0.4 is 21.7 Å². The second-order valence-corrected chi connectivity index (χ2v) is 27.2. The van der Waals surface area contributed by atoms with Crippen LogP contribution in [0.4, 0.5) is 4.39 Å². The summed E-state index contributed by atoms with van der Waals surface area (Å²) in [6.45, 7) is 3.98. The number of aliphatic hydroxyl groups is 4. The van der Waals surface area contributed by atoms with Crippen LogP contribution in [-0.4, -0.2) is 84.6 Å². The molecule has 4 aliphatic rings. The smallest absolute Gasteiger partial charge is 0.251 e. The van der Waals surface area contributed by atoms with Crippen molar-refractivity contribution in [3.63, 3.8) is 0 Å². The van der Waals surface area contributed by atoms with E-state index in [1.165, 1.54) is 18.2 Å². The zero-order chi connectivity index (χ0) is 69.6. The third-order valence-electron chi connectivity index (χ3n) is 17.1. The summed E-state index contributed by atoms with van der Waals surface area (Å²) in [7, 11) is 0. The average molecular weight is 1390 g/mol. The molecule has 0 heterocycles. The number of rotatable bonds is 7. The first-order valence-electron chi connectivity index (χ1n) is 32.4. The first-order valence-corrected chi connectivity index (χ1v) is 34.0. The highest BCUT2D eigenvalue weighted by Gasteiger charge is 2.37. The Bertz CT molecular complexity index is 4040. The van der Waals surface area contributed by atoms with Gasteiger partial charge in [0.05, 0.1) is 0 Å². The van der Waals surface area contributed by atoms with Crippen molar-refractivity contribution < 1.29 is 44.0 Å². The maximum atomic E-state index is 13.3. The number of primary amides is 1. The molecule has 4 aliphatic carbocycles. The molecule has 0 bridgehead atoms. The highest BCUT2D eigenvalue weighted by molar-refractivity contribution is 6.31. The van der Waals surface area contributed by atoms with Crippen molar-refractivity contribution in [2.45, 2.75) is 157 Å². The summed E-state index contributed by atoms with van der Waals surface area (Å²) in [5.41, 5.74) is 7.63. The molecule has 0 aliphatic heterocycles. The van der Waals surface area contributed by atoms with Gasteiger partial charge in [-0.1, -0.05) is 159 Å². The Morgan fingerprint density at radius 3 is 1.02 bits per heavy atom.